The molecule has 0 atom stereocenters. The van der Waals surface area contributed by atoms with Crippen molar-refractivity contribution in [1.29, 1.82) is 0 Å². The van der Waals surface area contributed by atoms with Crippen LogP contribution in [0.2, 0.25) is 0 Å². The molecular formula is C28H23NO3P+. The van der Waals surface area contributed by atoms with Crippen LogP contribution < -0.4 is 15.9 Å². The summed E-state index contributed by atoms with van der Waals surface area (Å²) in [6.07, 6.45) is 0.651. The van der Waals surface area contributed by atoms with Gasteiger partial charge >= 0.3 is 0 Å². The van der Waals surface area contributed by atoms with Crippen LogP contribution in [-0.2, 0) is 4.84 Å². The van der Waals surface area contributed by atoms with Gasteiger partial charge in [0.05, 0.1) is 17.3 Å². The summed E-state index contributed by atoms with van der Waals surface area (Å²) in [7, 11) is -2.10. The van der Waals surface area contributed by atoms with Gasteiger partial charge in [-0.25, -0.2) is 0 Å². The van der Waals surface area contributed by atoms with Crippen LogP contribution in [0, 0.1) is 0 Å². The summed E-state index contributed by atoms with van der Waals surface area (Å²) < 4.78 is 0. The average molecular weight is 452 g/mol. The normalized spacial score (nSPS) is 13.3. The summed E-state index contributed by atoms with van der Waals surface area (Å²) in [5, 5.41) is 4.61. The molecule has 0 fully saturated rings. The number of imide groups is 1. The topological polar surface area (TPSA) is 46.6 Å². The van der Waals surface area contributed by atoms with Crippen molar-refractivity contribution in [1.82, 2.24) is 5.06 Å². The van der Waals surface area contributed by atoms with E-state index < -0.39 is 19.1 Å². The molecule has 0 bridgehead atoms. The molecule has 0 saturated carbocycles. The third kappa shape index (κ3) is 3.78. The van der Waals surface area contributed by atoms with E-state index in [4.69, 9.17) is 4.84 Å². The standard InChI is InChI=1S/C28H23NO3P/c30-27-25-18-10-11-19-26(25)28(31)29(27)32-20-21-33(22-12-4-1-5-13-22,23-14-6-2-7-15-23)24-16-8-3-9-17-24/h1-19H,20-21H2/q+1. The maximum absolute atomic E-state index is 12.8. The summed E-state index contributed by atoms with van der Waals surface area (Å²) >= 11 is 0. The highest BCUT2D eigenvalue weighted by atomic mass is 31.2. The minimum Gasteiger partial charge on any atom is -0.266 e. The molecule has 33 heavy (non-hydrogen) atoms. The fourth-order valence-electron chi connectivity index (χ4n) is 4.44. The van der Waals surface area contributed by atoms with Crippen LogP contribution in [0.4, 0.5) is 0 Å². The Labute approximate surface area is 193 Å². The highest BCUT2D eigenvalue weighted by molar-refractivity contribution is 7.95. The van der Waals surface area contributed by atoms with Crippen LogP contribution in [0.1, 0.15) is 20.7 Å². The lowest BCUT2D eigenvalue weighted by atomic mass is 10.1. The minimum absolute atomic E-state index is 0.234. The average Bonchev–Trinajstić information content (AvgIpc) is 3.13. The van der Waals surface area contributed by atoms with Crippen molar-refractivity contribution < 1.29 is 14.4 Å². The van der Waals surface area contributed by atoms with Crippen LogP contribution in [-0.4, -0.2) is 29.6 Å². The van der Waals surface area contributed by atoms with Crippen molar-refractivity contribution in [3.05, 3.63) is 126 Å². The second kappa shape index (κ2) is 9.11. The molecule has 4 aromatic carbocycles. The van der Waals surface area contributed by atoms with Crippen molar-refractivity contribution in [2.24, 2.45) is 0 Å². The van der Waals surface area contributed by atoms with Crippen molar-refractivity contribution in [2.75, 3.05) is 12.8 Å². The number of amides is 2. The van der Waals surface area contributed by atoms with Crippen LogP contribution in [0.15, 0.2) is 115 Å². The first-order valence-electron chi connectivity index (χ1n) is 10.9. The van der Waals surface area contributed by atoms with E-state index in [9.17, 15) is 9.59 Å². The number of hydrogen-bond acceptors (Lipinski definition) is 3. The number of hydrogen-bond donors (Lipinski definition) is 0. The third-order valence-electron chi connectivity index (χ3n) is 5.99. The summed E-state index contributed by atoms with van der Waals surface area (Å²) in [4.78, 5) is 31.4. The van der Waals surface area contributed by atoms with Crippen LogP contribution in [0.25, 0.3) is 0 Å². The monoisotopic (exact) mass is 452 g/mol. The van der Waals surface area contributed by atoms with Crippen molar-refractivity contribution in [3.8, 4) is 0 Å². The lowest BCUT2D eigenvalue weighted by Crippen LogP contribution is -2.37. The molecule has 0 radical (unpaired) electrons. The lowest BCUT2D eigenvalue weighted by Gasteiger charge is -2.28. The Morgan fingerprint density at radius 1 is 0.545 bits per heavy atom. The smallest absolute Gasteiger partial charge is 0.266 e. The maximum atomic E-state index is 12.8. The van der Waals surface area contributed by atoms with Gasteiger partial charge in [0.15, 0.2) is 0 Å². The number of nitrogens with zero attached hydrogens (tertiary/aromatic N) is 1. The van der Waals surface area contributed by atoms with Crippen molar-refractivity contribution >= 4 is 35.0 Å². The van der Waals surface area contributed by atoms with Crippen molar-refractivity contribution in [2.45, 2.75) is 0 Å². The van der Waals surface area contributed by atoms with Gasteiger partial charge in [-0.05, 0) is 48.5 Å². The van der Waals surface area contributed by atoms with Crippen LogP contribution in [0.3, 0.4) is 0 Å². The maximum Gasteiger partial charge on any atom is 0.285 e. The van der Waals surface area contributed by atoms with E-state index in [0.29, 0.717) is 17.3 Å². The number of rotatable bonds is 7. The number of benzene rings is 4. The largest absolute Gasteiger partial charge is 0.285 e. The molecule has 0 unspecified atom stereocenters. The van der Waals surface area contributed by atoms with E-state index in [1.807, 2.05) is 18.2 Å². The first-order chi connectivity index (χ1) is 16.2. The van der Waals surface area contributed by atoms with Crippen LogP contribution in [0.5, 0.6) is 0 Å². The second-order valence-corrected chi connectivity index (χ2v) is 11.4. The summed E-state index contributed by atoms with van der Waals surface area (Å²) in [5.74, 6) is -0.808. The van der Waals surface area contributed by atoms with E-state index in [0.717, 1.165) is 5.06 Å². The molecule has 5 heteroatoms. The number of hydroxylamine groups is 2. The second-order valence-electron chi connectivity index (χ2n) is 7.82. The predicted molar refractivity (Wildman–Crippen MR) is 133 cm³/mol. The Morgan fingerprint density at radius 3 is 1.30 bits per heavy atom. The van der Waals surface area contributed by atoms with Gasteiger partial charge in [-0.2, -0.15) is 0 Å². The molecule has 1 aliphatic heterocycles. The SMILES string of the molecule is O=C1c2ccccc2C(=O)N1OCC[P+](c1ccccc1)(c1ccccc1)c1ccccc1. The number of carbonyl (C=O) groups excluding carboxylic acids is 2. The highest BCUT2D eigenvalue weighted by Gasteiger charge is 2.46. The van der Waals surface area contributed by atoms with Gasteiger partial charge in [-0.15, -0.1) is 5.06 Å². The Balaban J connectivity index is 1.51. The van der Waals surface area contributed by atoms with Gasteiger partial charge in [0.1, 0.15) is 29.8 Å². The Kier molecular flexibility index (Phi) is 5.87. The highest BCUT2D eigenvalue weighted by Crippen LogP contribution is 2.55. The van der Waals surface area contributed by atoms with Gasteiger partial charge in [0, 0.05) is 0 Å². The van der Waals surface area contributed by atoms with E-state index in [1.54, 1.807) is 24.3 Å². The van der Waals surface area contributed by atoms with Crippen molar-refractivity contribution in [3.63, 3.8) is 0 Å². The quantitative estimate of drug-likeness (QED) is 0.312. The third-order valence-corrected chi connectivity index (χ3v) is 10.4. The molecule has 0 spiro atoms. The zero-order valence-corrected chi connectivity index (χ0v) is 18.9. The van der Waals surface area contributed by atoms with Gasteiger partial charge in [-0.3, -0.25) is 14.4 Å². The first kappa shape index (κ1) is 21.3. The van der Waals surface area contributed by atoms with Gasteiger partial charge in [0.25, 0.3) is 11.8 Å². The van der Waals surface area contributed by atoms with E-state index in [1.165, 1.54) is 15.9 Å². The van der Waals surface area contributed by atoms with E-state index in [-0.39, 0.29) is 6.61 Å². The van der Waals surface area contributed by atoms with Gasteiger partial charge in [0.2, 0.25) is 0 Å². The molecule has 4 nitrogen and oxygen atoms in total. The predicted octanol–water partition coefficient (Wildman–Crippen LogP) is 4.21. The molecule has 0 aliphatic carbocycles. The molecule has 162 valence electrons. The van der Waals surface area contributed by atoms with Gasteiger partial charge in [-0.1, -0.05) is 66.7 Å². The van der Waals surface area contributed by atoms with Gasteiger partial charge < -0.3 is 0 Å². The lowest BCUT2D eigenvalue weighted by molar-refractivity contribution is -0.0855. The Morgan fingerprint density at radius 2 is 0.909 bits per heavy atom. The Hall–Kier alpha value is -3.59. The fraction of sp³-hybridized carbons (Fsp3) is 0.0714. The Bertz CT molecular complexity index is 1140. The molecule has 0 saturated heterocycles. The molecule has 2 amide bonds. The molecular weight excluding hydrogens is 429 g/mol. The first-order valence-corrected chi connectivity index (χ1v) is 12.8. The zero-order valence-electron chi connectivity index (χ0n) is 18.0. The number of fused-ring (bicyclic) bond motifs is 1. The summed E-state index contributed by atoms with van der Waals surface area (Å²) in [5.41, 5.74) is 0.774. The zero-order chi connectivity index (χ0) is 22.7. The number of carbonyl (C=O) groups is 2. The van der Waals surface area contributed by atoms with E-state index in [2.05, 4.69) is 72.8 Å². The minimum atomic E-state index is -2.10. The summed E-state index contributed by atoms with van der Waals surface area (Å²) in [6, 6.07) is 38.2. The molecule has 1 aliphatic rings. The molecule has 0 aromatic heterocycles. The van der Waals surface area contributed by atoms with Crippen LogP contribution >= 0.6 is 7.26 Å². The fourth-order valence-corrected chi connectivity index (χ4v) is 8.50. The molecule has 1 heterocycles. The van der Waals surface area contributed by atoms with E-state index >= 15 is 0 Å². The molecule has 0 N–H and O–H groups in total. The molecule has 5 rings (SSSR count). The summed E-state index contributed by atoms with van der Waals surface area (Å²) in [6.45, 7) is 0.234. The molecule has 4 aromatic rings.